The van der Waals surface area contributed by atoms with E-state index in [0.717, 1.165) is 0 Å². The van der Waals surface area contributed by atoms with Crippen LogP contribution in [-0.4, -0.2) is 4.71 Å². The van der Waals surface area contributed by atoms with Gasteiger partial charge in [0.05, 0.1) is 0 Å². The van der Waals surface area contributed by atoms with Crippen LogP contribution in [0.2, 0.25) is 0 Å². The van der Waals surface area contributed by atoms with Crippen LogP contribution >= 0.6 is 92.3 Å². The van der Waals surface area contributed by atoms with E-state index in [2.05, 4.69) is 79.6 Å². The maximum atomic E-state index is 4.91. The molecule has 8 heavy (non-hydrogen) atoms. The quantitative estimate of drug-likeness (QED) is 0.473. The van der Waals surface area contributed by atoms with Crippen LogP contribution in [-0.2, 0) is 0 Å². The number of halogens is 5. The van der Waals surface area contributed by atoms with Crippen LogP contribution in [0.15, 0.2) is 0 Å². The summed E-state index contributed by atoms with van der Waals surface area (Å²) in [6.45, 7) is 0. The minimum absolute atomic E-state index is 0.477. The van der Waals surface area contributed by atoms with E-state index in [1.807, 2.05) is 0 Å². The molecule has 0 aromatic heterocycles. The van der Waals surface area contributed by atoms with Gasteiger partial charge in [-0.1, -0.05) is 92.3 Å². The molecule has 0 unspecified atom stereocenters. The number of rotatable bonds is 0. The topological polar surface area (TPSA) is 0 Å². The van der Waals surface area contributed by atoms with Crippen molar-refractivity contribution in [1.82, 2.24) is 0 Å². The van der Waals surface area contributed by atoms with Crippen LogP contribution < -0.4 is 0 Å². The Hall–Kier alpha value is 2.75. The molecular weight excluding hydrogens is 456 g/mol. The fourth-order valence-electron chi connectivity index (χ4n) is 0. The molecule has 0 saturated carbocycles. The van der Waals surface area contributed by atoms with Gasteiger partial charge >= 0.3 is 0 Å². The van der Waals surface area contributed by atoms with Crippen LogP contribution in [0.25, 0.3) is 0 Å². The second-order valence-electron chi connectivity index (χ2n) is 1.01. The van der Waals surface area contributed by atoms with E-state index in [1.54, 1.807) is 0 Å². The Bertz CT molecular complexity index is 65.4. The summed E-state index contributed by atoms with van der Waals surface area (Å²) in [4.78, 5) is 0. The number of alkyl halides is 5. The molecule has 0 aliphatic rings. The highest BCUT2D eigenvalue weighted by atomic mass is 80.0. The second-order valence-corrected chi connectivity index (χ2v) is 12.9. The molecule has 0 spiro atoms. The molecule has 0 aliphatic carbocycles. The van der Waals surface area contributed by atoms with Crippen molar-refractivity contribution < 1.29 is 0 Å². The molecule has 0 aromatic rings. The Morgan fingerprint density at radius 2 is 1.00 bits per heavy atom. The SMILES string of the molecule is [S]C(Br)(Br)C(Br)(Br)Br. The molecule has 0 amide bonds. The summed E-state index contributed by atoms with van der Waals surface area (Å²) >= 11 is 21.0. The van der Waals surface area contributed by atoms with Crippen molar-refractivity contribution in [2.24, 2.45) is 0 Å². The standard InChI is InChI=1S/C2Br5S/c3-1(4,5)2(6,7)8. The molecule has 0 heterocycles. The van der Waals surface area contributed by atoms with Gasteiger partial charge in [-0.05, 0) is 0 Å². The zero-order chi connectivity index (χ0) is 7.00. The zero-order valence-electron chi connectivity index (χ0n) is 3.30. The summed E-state index contributed by atoms with van der Waals surface area (Å²) in [5.74, 6) is 0. The molecule has 0 saturated heterocycles. The third-order valence-corrected chi connectivity index (χ3v) is 7.59. The lowest BCUT2D eigenvalue weighted by Gasteiger charge is -2.22. The van der Waals surface area contributed by atoms with Crippen LogP contribution in [0.4, 0.5) is 0 Å². The first-order chi connectivity index (χ1) is 3.25. The Morgan fingerprint density at radius 3 is 1.00 bits per heavy atom. The first kappa shape index (κ1) is 10.8. The Morgan fingerprint density at radius 1 is 0.875 bits per heavy atom. The molecule has 6 heteroatoms. The molecule has 49 valence electrons. The summed E-state index contributed by atoms with van der Waals surface area (Å²) in [5, 5.41) is 0. The Labute approximate surface area is 95.6 Å². The highest BCUT2D eigenvalue weighted by Crippen LogP contribution is 2.54. The lowest BCUT2D eigenvalue weighted by molar-refractivity contribution is 1.32. The van der Waals surface area contributed by atoms with Crippen LogP contribution in [0.1, 0.15) is 0 Å². The molecule has 0 aliphatic heterocycles. The maximum Gasteiger partial charge on any atom is 0.170 e. The predicted octanol–water partition coefficient (Wildman–Crippen LogP) is 4.47. The summed E-state index contributed by atoms with van der Waals surface area (Å²) in [5.41, 5.74) is 0. The Kier molecular flexibility index (Phi) is 4.61. The van der Waals surface area contributed by atoms with Gasteiger partial charge in [0.15, 0.2) is 4.71 Å². The normalized spacial score (nSPS) is 14.2. The van der Waals surface area contributed by atoms with Gasteiger partial charge in [0.25, 0.3) is 0 Å². The maximum absolute atomic E-state index is 4.91. The van der Waals surface area contributed by atoms with E-state index in [9.17, 15) is 0 Å². The van der Waals surface area contributed by atoms with Crippen molar-refractivity contribution in [1.29, 1.82) is 0 Å². The van der Waals surface area contributed by atoms with Crippen molar-refractivity contribution >= 4 is 92.3 Å². The summed E-state index contributed by atoms with van der Waals surface area (Å²) in [6.07, 6.45) is 0. The largest absolute Gasteiger partial charge is 0.170 e. The molecule has 0 aromatic carbocycles. The van der Waals surface area contributed by atoms with Crippen molar-refractivity contribution in [2.75, 3.05) is 0 Å². The number of hydrogen-bond donors (Lipinski definition) is 0. The fraction of sp³-hybridized carbons (Fsp3) is 1.00. The molecule has 0 N–H and O–H groups in total. The van der Waals surface area contributed by atoms with Crippen molar-refractivity contribution in [3.8, 4) is 0 Å². The predicted molar refractivity (Wildman–Crippen MR) is 57.7 cm³/mol. The first-order valence-electron chi connectivity index (χ1n) is 1.40. The van der Waals surface area contributed by atoms with Gasteiger partial charge in [0, 0.05) is 0 Å². The van der Waals surface area contributed by atoms with Gasteiger partial charge in [-0.15, -0.1) is 0 Å². The highest BCUT2D eigenvalue weighted by molar-refractivity contribution is 9.42. The zero-order valence-corrected chi connectivity index (χ0v) is 12.0. The van der Waals surface area contributed by atoms with Gasteiger partial charge < -0.3 is 0 Å². The van der Waals surface area contributed by atoms with E-state index < -0.39 is 4.71 Å². The van der Waals surface area contributed by atoms with Gasteiger partial charge in [-0.3, -0.25) is 0 Å². The summed E-state index contributed by atoms with van der Waals surface area (Å²) in [7, 11) is 0. The molecule has 0 bridgehead atoms. The van der Waals surface area contributed by atoms with E-state index in [4.69, 9.17) is 12.6 Å². The fourth-order valence-corrected chi connectivity index (χ4v) is 0. The van der Waals surface area contributed by atoms with Crippen molar-refractivity contribution in [2.45, 2.75) is 4.71 Å². The van der Waals surface area contributed by atoms with Crippen molar-refractivity contribution in [3.05, 3.63) is 0 Å². The minimum atomic E-state index is -0.604. The van der Waals surface area contributed by atoms with E-state index >= 15 is 0 Å². The van der Waals surface area contributed by atoms with Crippen molar-refractivity contribution in [3.63, 3.8) is 0 Å². The van der Waals surface area contributed by atoms with Gasteiger partial charge in [0.2, 0.25) is 0 Å². The van der Waals surface area contributed by atoms with E-state index in [-0.39, 0.29) is 0 Å². The Balaban J connectivity index is 4.02. The minimum Gasteiger partial charge on any atom is -0.0579 e. The van der Waals surface area contributed by atoms with Crippen LogP contribution in [0, 0.1) is 0 Å². The second kappa shape index (κ2) is 3.43. The molecule has 0 fully saturated rings. The third-order valence-electron chi connectivity index (χ3n) is 0.330. The monoisotopic (exact) mass is 451 g/mol. The lowest BCUT2D eigenvalue weighted by atomic mass is 11.0. The van der Waals surface area contributed by atoms with Crippen LogP contribution in [0.5, 0.6) is 0 Å². The number of hydrogen-bond acceptors (Lipinski definition) is 0. The summed E-state index contributed by atoms with van der Waals surface area (Å²) in [6, 6.07) is 0. The highest BCUT2D eigenvalue weighted by Gasteiger charge is 2.40. The molecular formula is C2Br5S. The average Bonchev–Trinajstić information content (AvgIpc) is 1.25. The lowest BCUT2D eigenvalue weighted by Crippen LogP contribution is -2.20. The van der Waals surface area contributed by atoms with Gasteiger partial charge in [0.1, 0.15) is 0 Å². The molecule has 0 rings (SSSR count). The van der Waals surface area contributed by atoms with Gasteiger partial charge in [-0.25, -0.2) is 0 Å². The smallest absolute Gasteiger partial charge is 0.0579 e. The third kappa shape index (κ3) is 3.81. The molecule has 0 atom stereocenters. The van der Waals surface area contributed by atoms with E-state index in [1.165, 1.54) is 0 Å². The molecule has 0 nitrogen and oxygen atoms in total. The molecule has 1 radical (unpaired) electrons. The average molecular weight is 456 g/mol. The van der Waals surface area contributed by atoms with Crippen LogP contribution in [0.3, 0.4) is 0 Å². The van der Waals surface area contributed by atoms with E-state index in [0.29, 0.717) is 0 Å². The van der Waals surface area contributed by atoms with Gasteiger partial charge in [-0.2, -0.15) is 0 Å². The summed E-state index contributed by atoms with van der Waals surface area (Å²) < 4.78 is -1.08. The first-order valence-corrected chi connectivity index (χ1v) is 5.77.